The van der Waals surface area contributed by atoms with Crippen LogP contribution in [0.4, 0.5) is 5.69 Å². The van der Waals surface area contributed by atoms with Crippen molar-refractivity contribution in [2.45, 2.75) is 25.9 Å². The van der Waals surface area contributed by atoms with Gasteiger partial charge in [0, 0.05) is 25.3 Å². The summed E-state index contributed by atoms with van der Waals surface area (Å²) in [5.41, 5.74) is 4.30. The van der Waals surface area contributed by atoms with E-state index in [1.54, 1.807) is 19.1 Å². The molecule has 2 rings (SSSR count). The van der Waals surface area contributed by atoms with E-state index in [0.717, 1.165) is 25.0 Å². The van der Waals surface area contributed by atoms with E-state index in [0.29, 0.717) is 17.4 Å². The molecule has 1 saturated heterocycles. The minimum Gasteiger partial charge on any atom is -0.376 e. The van der Waals surface area contributed by atoms with E-state index in [1.807, 2.05) is 0 Å². The fraction of sp³-hybridized carbons (Fsp3) is 0.429. The molecule has 1 aliphatic rings. The summed E-state index contributed by atoms with van der Waals surface area (Å²) < 4.78 is 5.49. The number of nitro groups is 1. The zero-order valence-corrected chi connectivity index (χ0v) is 13.1. The number of nitrogens with zero attached hydrogens (tertiary/aromatic N) is 2. The Hall–Kier alpha value is -2.06. The zero-order valence-electron chi connectivity index (χ0n) is 12.2. The summed E-state index contributed by atoms with van der Waals surface area (Å²) in [6.45, 7) is 3.28. The Kier molecular flexibility index (Phi) is 5.79. The second kappa shape index (κ2) is 7.81. The molecular weight excluding hydrogens is 304 g/mol. The number of benzene rings is 1. The lowest BCUT2D eigenvalue weighted by atomic mass is 10.1. The highest BCUT2D eigenvalue weighted by Crippen LogP contribution is 2.12. The smallest absolute Gasteiger partial charge is 0.269 e. The van der Waals surface area contributed by atoms with E-state index < -0.39 is 4.92 Å². The highest BCUT2D eigenvalue weighted by molar-refractivity contribution is 7.80. The van der Waals surface area contributed by atoms with Crippen LogP contribution < -0.4 is 10.7 Å². The summed E-state index contributed by atoms with van der Waals surface area (Å²) in [6.07, 6.45) is 2.34. The van der Waals surface area contributed by atoms with Crippen LogP contribution in [0.5, 0.6) is 0 Å². The molecule has 7 nitrogen and oxygen atoms in total. The van der Waals surface area contributed by atoms with E-state index >= 15 is 0 Å². The summed E-state index contributed by atoms with van der Waals surface area (Å²) in [6, 6.07) is 6.20. The summed E-state index contributed by atoms with van der Waals surface area (Å²) >= 11 is 5.14. The van der Waals surface area contributed by atoms with Gasteiger partial charge >= 0.3 is 0 Å². The monoisotopic (exact) mass is 322 g/mol. The van der Waals surface area contributed by atoms with Crippen LogP contribution >= 0.6 is 12.2 Å². The topological polar surface area (TPSA) is 88.8 Å². The number of hydrogen-bond acceptors (Lipinski definition) is 5. The van der Waals surface area contributed by atoms with Crippen LogP contribution in [-0.2, 0) is 4.74 Å². The molecule has 1 aliphatic heterocycles. The number of ether oxygens (including phenoxy) is 1. The first-order valence-corrected chi connectivity index (χ1v) is 7.41. The molecule has 2 N–H and O–H groups in total. The van der Waals surface area contributed by atoms with Gasteiger partial charge in [0.1, 0.15) is 0 Å². The van der Waals surface area contributed by atoms with Crippen molar-refractivity contribution < 1.29 is 9.66 Å². The molecule has 0 aliphatic carbocycles. The summed E-state index contributed by atoms with van der Waals surface area (Å²) in [5, 5.41) is 18.3. The maximum absolute atomic E-state index is 10.6. The van der Waals surface area contributed by atoms with Crippen LogP contribution in [-0.4, -0.2) is 35.0 Å². The Bertz CT molecular complexity index is 568. The molecular formula is C14H18N4O3S. The lowest BCUT2D eigenvalue weighted by Crippen LogP contribution is -2.37. The molecule has 1 heterocycles. The molecule has 1 aromatic rings. The number of rotatable bonds is 5. The average Bonchev–Trinajstić information content (AvgIpc) is 3.04. The first-order valence-electron chi connectivity index (χ1n) is 7.01. The SMILES string of the molecule is C/C(=N/NC(=S)NC[C@H]1CCCO1)c1ccc([N+](=O)[O-])cc1. The van der Waals surface area contributed by atoms with Gasteiger partial charge in [-0.2, -0.15) is 5.10 Å². The number of nitrogens with one attached hydrogen (secondary N) is 2. The number of hydrazone groups is 1. The van der Waals surface area contributed by atoms with Crippen molar-refractivity contribution in [1.82, 2.24) is 10.7 Å². The first-order chi connectivity index (χ1) is 10.6. The van der Waals surface area contributed by atoms with E-state index in [9.17, 15) is 10.1 Å². The maximum atomic E-state index is 10.6. The summed E-state index contributed by atoms with van der Waals surface area (Å²) in [4.78, 5) is 10.2. The molecule has 22 heavy (non-hydrogen) atoms. The molecule has 0 aromatic heterocycles. The molecule has 8 heteroatoms. The van der Waals surface area contributed by atoms with Gasteiger partial charge in [0.05, 0.1) is 16.7 Å². The van der Waals surface area contributed by atoms with Gasteiger partial charge in [0.2, 0.25) is 0 Å². The van der Waals surface area contributed by atoms with Crippen molar-refractivity contribution in [1.29, 1.82) is 0 Å². The predicted molar refractivity (Wildman–Crippen MR) is 88.0 cm³/mol. The van der Waals surface area contributed by atoms with Crippen molar-refractivity contribution in [2.24, 2.45) is 5.10 Å². The lowest BCUT2D eigenvalue weighted by molar-refractivity contribution is -0.384. The summed E-state index contributed by atoms with van der Waals surface area (Å²) in [5.74, 6) is 0. The largest absolute Gasteiger partial charge is 0.376 e. The van der Waals surface area contributed by atoms with E-state index in [-0.39, 0.29) is 11.8 Å². The third kappa shape index (κ3) is 4.74. The Morgan fingerprint density at radius 1 is 1.50 bits per heavy atom. The average molecular weight is 322 g/mol. The second-order valence-electron chi connectivity index (χ2n) is 4.96. The van der Waals surface area contributed by atoms with Crippen LogP contribution in [0.25, 0.3) is 0 Å². The summed E-state index contributed by atoms with van der Waals surface area (Å²) in [7, 11) is 0. The zero-order chi connectivity index (χ0) is 15.9. The number of non-ortho nitro benzene ring substituents is 1. The number of nitro benzene ring substituents is 1. The Balaban J connectivity index is 1.83. The Morgan fingerprint density at radius 3 is 2.82 bits per heavy atom. The minimum atomic E-state index is -0.432. The molecule has 0 bridgehead atoms. The van der Waals surface area contributed by atoms with Crippen molar-refractivity contribution in [3.63, 3.8) is 0 Å². The van der Waals surface area contributed by atoms with Gasteiger partial charge in [-0.15, -0.1) is 0 Å². The fourth-order valence-corrected chi connectivity index (χ4v) is 2.20. The third-order valence-corrected chi connectivity index (χ3v) is 3.57. The highest BCUT2D eigenvalue weighted by atomic mass is 32.1. The number of thiocarbonyl (C=S) groups is 1. The Labute approximate surface area is 133 Å². The van der Waals surface area contributed by atoms with Crippen LogP contribution in [0.1, 0.15) is 25.3 Å². The van der Waals surface area contributed by atoms with Crippen LogP contribution in [0, 0.1) is 10.1 Å². The van der Waals surface area contributed by atoms with Gasteiger partial charge in [0.15, 0.2) is 5.11 Å². The molecule has 0 unspecified atom stereocenters. The van der Waals surface area contributed by atoms with Crippen molar-refractivity contribution in [2.75, 3.05) is 13.2 Å². The highest BCUT2D eigenvalue weighted by Gasteiger charge is 2.15. The minimum absolute atomic E-state index is 0.0539. The van der Waals surface area contributed by atoms with Crippen molar-refractivity contribution in [3.8, 4) is 0 Å². The Morgan fingerprint density at radius 2 is 2.23 bits per heavy atom. The fourth-order valence-electron chi connectivity index (χ4n) is 2.07. The molecule has 118 valence electrons. The van der Waals surface area contributed by atoms with E-state index in [1.165, 1.54) is 12.1 Å². The van der Waals surface area contributed by atoms with E-state index in [2.05, 4.69) is 15.8 Å². The van der Waals surface area contributed by atoms with Crippen LogP contribution in [0.2, 0.25) is 0 Å². The van der Waals surface area contributed by atoms with Gasteiger partial charge in [-0.05, 0) is 49.7 Å². The molecule has 0 radical (unpaired) electrons. The first kappa shape index (κ1) is 16.3. The van der Waals surface area contributed by atoms with Crippen molar-refractivity contribution in [3.05, 3.63) is 39.9 Å². The van der Waals surface area contributed by atoms with Gasteiger partial charge in [-0.1, -0.05) is 0 Å². The van der Waals surface area contributed by atoms with Gasteiger partial charge in [-0.25, -0.2) is 0 Å². The normalized spacial score (nSPS) is 18.0. The number of hydrogen-bond donors (Lipinski definition) is 2. The molecule has 0 amide bonds. The maximum Gasteiger partial charge on any atom is 0.269 e. The molecule has 1 fully saturated rings. The van der Waals surface area contributed by atoms with Gasteiger partial charge in [-0.3, -0.25) is 15.5 Å². The standard InChI is InChI=1S/C14H18N4O3S/c1-10(11-4-6-12(7-5-11)18(19)20)16-17-14(22)15-9-13-3-2-8-21-13/h4-7,13H,2-3,8-9H2,1H3,(H2,15,17,22)/b16-10-/t13-/m1/s1. The lowest BCUT2D eigenvalue weighted by Gasteiger charge is -2.12. The third-order valence-electron chi connectivity index (χ3n) is 3.34. The van der Waals surface area contributed by atoms with Gasteiger partial charge < -0.3 is 10.1 Å². The van der Waals surface area contributed by atoms with Crippen LogP contribution in [0.15, 0.2) is 29.4 Å². The van der Waals surface area contributed by atoms with Crippen molar-refractivity contribution >= 4 is 28.7 Å². The quantitative estimate of drug-likeness (QED) is 0.373. The predicted octanol–water partition coefficient (Wildman–Crippen LogP) is 1.96. The molecule has 0 spiro atoms. The molecule has 0 saturated carbocycles. The molecule has 1 atom stereocenters. The second-order valence-corrected chi connectivity index (χ2v) is 5.37. The van der Waals surface area contributed by atoms with E-state index in [4.69, 9.17) is 17.0 Å². The molecule has 1 aromatic carbocycles. The van der Waals surface area contributed by atoms with Crippen LogP contribution in [0.3, 0.4) is 0 Å². The van der Waals surface area contributed by atoms with Gasteiger partial charge in [0.25, 0.3) is 5.69 Å².